The number of fused-ring (bicyclic) bond motifs is 2. The van der Waals surface area contributed by atoms with Crippen LogP contribution in [0, 0.1) is 20.8 Å². The summed E-state index contributed by atoms with van der Waals surface area (Å²) in [6.07, 6.45) is 2.22. The first-order valence-corrected chi connectivity index (χ1v) is 6.32. The topological polar surface area (TPSA) is 0 Å². The maximum Gasteiger partial charge on any atom is -0.00172 e. The third-order valence-electron chi connectivity index (χ3n) is 4.17. The highest BCUT2D eigenvalue weighted by Gasteiger charge is 2.18. The van der Waals surface area contributed by atoms with Crippen molar-refractivity contribution in [3.8, 4) is 0 Å². The van der Waals surface area contributed by atoms with Gasteiger partial charge in [-0.3, -0.25) is 0 Å². The monoisotopic (exact) mass is 222 g/mol. The summed E-state index contributed by atoms with van der Waals surface area (Å²) in [6, 6.07) is 11.2. The molecule has 0 amide bonds. The van der Waals surface area contributed by atoms with E-state index in [2.05, 4.69) is 51.1 Å². The molecule has 0 bridgehead atoms. The predicted octanol–water partition coefficient (Wildman–Crippen LogP) is 4.11. The molecule has 3 rings (SSSR count). The average Bonchev–Trinajstić information content (AvgIpc) is 2.34. The van der Waals surface area contributed by atoms with Crippen LogP contribution in [0.15, 0.2) is 30.3 Å². The highest BCUT2D eigenvalue weighted by Crippen LogP contribution is 2.32. The Kier molecular flexibility index (Phi) is 2.32. The van der Waals surface area contributed by atoms with Gasteiger partial charge in [0.2, 0.25) is 0 Å². The molecule has 0 fully saturated rings. The van der Waals surface area contributed by atoms with Gasteiger partial charge in [0.15, 0.2) is 0 Å². The maximum absolute atomic E-state index is 2.34. The van der Waals surface area contributed by atoms with Crippen molar-refractivity contribution in [1.29, 1.82) is 0 Å². The molecular weight excluding hydrogens is 204 g/mol. The third kappa shape index (κ3) is 1.59. The summed E-state index contributed by atoms with van der Waals surface area (Å²) in [7, 11) is 0. The van der Waals surface area contributed by atoms with E-state index in [9.17, 15) is 0 Å². The van der Waals surface area contributed by atoms with Crippen molar-refractivity contribution in [2.24, 2.45) is 0 Å². The minimum absolute atomic E-state index is 1.11. The van der Waals surface area contributed by atoms with Gasteiger partial charge in [-0.25, -0.2) is 0 Å². The van der Waals surface area contributed by atoms with Crippen molar-refractivity contribution in [3.63, 3.8) is 0 Å². The molecule has 2 aromatic rings. The lowest BCUT2D eigenvalue weighted by atomic mass is 9.80. The minimum atomic E-state index is 1.11. The van der Waals surface area contributed by atoms with Crippen LogP contribution in [0.4, 0.5) is 0 Å². The van der Waals surface area contributed by atoms with Gasteiger partial charge in [-0.1, -0.05) is 30.3 Å². The van der Waals surface area contributed by atoms with Gasteiger partial charge in [-0.05, 0) is 72.6 Å². The van der Waals surface area contributed by atoms with Gasteiger partial charge in [0.25, 0.3) is 0 Å². The molecule has 1 aliphatic carbocycles. The van der Waals surface area contributed by atoms with Crippen LogP contribution in [-0.2, 0) is 12.8 Å². The van der Waals surface area contributed by atoms with Gasteiger partial charge in [-0.2, -0.15) is 0 Å². The van der Waals surface area contributed by atoms with Crippen molar-refractivity contribution < 1.29 is 0 Å². The van der Waals surface area contributed by atoms with Crippen molar-refractivity contribution in [2.45, 2.75) is 33.6 Å². The second kappa shape index (κ2) is 3.73. The summed E-state index contributed by atoms with van der Waals surface area (Å²) >= 11 is 0. The van der Waals surface area contributed by atoms with Crippen LogP contribution in [0.1, 0.15) is 38.9 Å². The summed E-state index contributed by atoms with van der Waals surface area (Å²) in [6.45, 7) is 6.74. The molecule has 0 unspecified atom stereocenters. The second-order valence-corrected chi connectivity index (χ2v) is 5.21. The van der Waals surface area contributed by atoms with E-state index < -0.39 is 0 Å². The van der Waals surface area contributed by atoms with Crippen LogP contribution in [0.3, 0.4) is 0 Å². The zero-order chi connectivity index (χ0) is 12.0. The van der Waals surface area contributed by atoms with E-state index in [1.165, 1.54) is 27.8 Å². The van der Waals surface area contributed by atoms with Gasteiger partial charge in [0, 0.05) is 0 Å². The fraction of sp³-hybridized carbons (Fsp3) is 0.294. The van der Waals surface area contributed by atoms with Crippen molar-refractivity contribution in [3.05, 3.63) is 69.3 Å². The first-order chi connectivity index (χ1) is 8.16. The van der Waals surface area contributed by atoms with E-state index in [4.69, 9.17) is 0 Å². The van der Waals surface area contributed by atoms with Crippen LogP contribution >= 0.6 is 0 Å². The summed E-state index contributed by atoms with van der Waals surface area (Å²) in [5.74, 6) is 0. The van der Waals surface area contributed by atoms with E-state index in [-0.39, 0.29) is 0 Å². The first-order valence-electron chi connectivity index (χ1n) is 6.32. The number of aryl methyl sites for hydroxylation is 2. The molecule has 0 aliphatic heterocycles. The quantitative estimate of drug-likeness (QED) is 0.537. The van der Waals surface area contributed by atoms with Gasteiger partial charge < -0.3 is 0 Å². The van der Waals surface area contributed by atoms with Crippen LogP contribution in [0.5, 0.6) is 0 Å². The molecule has 0 heterocycles. The lowest BCUT2D eigenvalue weighted by molar-refractivity contribution is 0.964. The molecule has 17 heavy (non-hydrogen) atoms. The molecule has 1 aliphatic rings. The summed E-state index contributed by atoms with van der Waals surface area (Å²) < 4.78 is 0. The van der Waals surface area contributed by atoms with E-state index in [1.54, 1.807) is 11.1 Å². The third-order valence-corrected chi connectivity index (χ3v) is 4.17. The Morgan fingerprint density at radius 2 is 1.35 bits per heavy atom. The first kappa shape index (κ1) is 10.6. The normalized spacial score (nSPS) is 13.1. The van der Waals surface area contributed by atoms with Crippen molar-refractivity contribution in [2.75, 3.05) is 0 Å². The Morgan fingerprint density at radius 1 is 0.765 bits per heavy atom. The molecule has 0 nitrogen and oxygen atoms in total. The standard InChI is InChI=1S/C17H18/c1-11-8-12(2)16-9-14-6-4-5-7-15(14)10-17(16)13(11)3/h4-8H,9-10H2,1-3H3. The van der Waals surface area contributed by atoms with Gasteiger partial charge in [0.1, 0.15) is 0 Å². The molecule has 0 aromatic heterocycles. The Labute approximate surface area is 103 Å². The highest BCUT2D eigenvalue weighted by molar-refractivity contribution is 5.53. The Morgan fingerprint density at radius 3 is 2.00 bits per heavy atom. The Bertz CT molecular complexity index is 591. The SMILES string of the molecule is Cc1cc(C)c2c(c1C)Cc1ccccc1C2. The van der Waals surface area contributed by atoms with E-state index in [0.29, 0.717) is 0 Å². The fourth-order valence-electron chi connectivity index (χ4n) is 2.99. The largest absolute Gasteiger partial charge is 0.0620 e. The molecule has 0 radical (unpaired) electrons. The lowest BCUT2D eigenvalue weighted by Crippen LogP contribution is -2.11. The predicted molar refractivity (Wildman–Crippen MR) is 72.7 cm³/mol. The summed E-state index contributed by atoms with van der Waals surface area (Å²) in [5, 5.41) is 0. The number of rotatable bonds is 0. The van der Waals surface area contributed by atoms with Gasteiger partial charge in [0.05, 0.1) is 0 Å². The van der Waals surface area contributed by atoms with Crippen LogP contribution < -0.4 is 0 Å². The summed E-state index contributed by atoms with van der Waals surface area (Å²) in [5.41, 5.74) is 10.5. The van der Waals surface area contributed by atoms with E-state index in [1.807, 2.05) is 0 Å². The number of benzene rings is 2. The van der Waals surface area contributed by atoms with Crippen LogP contribution in [0.2, 0.25) is 0 Å². The Hall–Kier alpha value is -1.56. The molecule has 0 saturated carbocycles. The highest BCUT2D eigenvalue weighted by atomic mass is 14.2. The van der Waals surface area contributed by atoms with E-state index in [0.717, 1.165) is 12.8 Å². The maximum atomic E-state index is 2.34. The molecule has 2 aromatic carbocycles. The number of hydrogen-bond donors (Lipinski definition) is 0. The van der Waals surface area contributed by atoms with Crippen molar-refractivity contribution in [1.82, 2.24) is 0 Å². The molecule has 86 valence electrons. The second-order valence-electron chi connectivity index (χ2n) is 5.21. The zero-order valence-corrected chi connectivity index (χ0v) is 10.8. The fourth-order valence-corrected chi connectivity index (χ4v) is 2.99. The Balaban J connectivity index is 2.21. The summed E-state index contributed by atoms with van der Waals surface area (Å²) in [4.78, 5) is 0. The molecule has 0 spiro atoms. The molecule has 0 atom stereocenters. The molecular formula is C17H18. The van der Waals surface area contributed by atoms with Crippen molar-refractivity contribution >= 4 is 0 Å². The molecule has 0 saturated heterocycles. The van der Waals surface area contributed by atoms with Crippen LogP contribution in [0.25, 0.3) is 0 Å². The zero-order valence-electron chi connectivity index (χ0n) is 10.8. The lowest BCUT2D eigenvalue weighted by Gasteiger charge is -2.24. The smallest absolute Gasteiger partial charge is 0.00172 e. The molecule has 0 heteroatoms. The van der Waals surface area contributed by atoms with E-state index >= 15 is 0 Å². The number of hydrogen-bond acceptors (Lipinski definition) is 0. The average molecular weight is 222 g/mol. The minimum Gasteiger partial charge on any atom is -0.0620 e. The molecule has 0 N–H and O–H groups in total. The van der Waals surface area contributed by atoms with Gasteiger partial charge in [-0.15, -0.1) is 0 Å². The van der Waals surface area contributed by atoms with Crippen LogP contribution in [-0.4, -0.2) is 0 Å². The van der Waals surface area contributed by atoms with Gasteiger partial charge >= 0.3 is 0 Å².